The van der Waals surface area contributed by atoms with Crippen LogP contribution in [0.15, 0.2) is 32.3 Å². The molecule has 1 aliphatic heterocycles. The van der Waals surface area contributed by atoms with E-state index in [1.165, 1.54) is 27.8 Å². The first kappa shape index (κ1) is 23.8. The number of benzene rings is 1. The predicted octanol–water partition coefficient (Wildman–Crippen LogP) is 2.46. The van der Waals surface area contributed by atoms with E-state index >= 15 is 0 Å². The van der Waals surface area contributed by atoms with Crippen LogP contribution in [0, 0.1) is 10.1 Å². The molecule has 1 aromatic carbocycles. The van der Waals surface area contributed by atoms with E-state index in [1.807, 2.05) is 6.92 Å². The van der Waals surface area contributed by atoms with Gasteiger partial charge in [-0.2, -0.15) is 4.31 Å². The zero-order valence-electron chi connectivity index (χ0n) is 16.9. The Morgan fingerprint density at radius 3 is 2.84 bits per heavy atom. The number of ether oxygens (including phenoxy) is 2. The summed E-state index contributed by atoms with van der Waals surface area (Å²) in [5.41, 5.74) is -0.287. The fraction of sp³-hybridized carbons (Fsp3) is 0.529. The van der Waals surface area contributed by atoms with E-state index in [1.54, 1.807) is 0 Å². The summed E-state index contributed by atoms with van der Waals surface area (Å²) < 4.78 is 38.7. The van der Waals surface area contributed by atoms with Crippen LogP contribution in [0.3, 0.4) is 0 Å². The minimum absolute atomic E-state index is 0.116. The Hall–Kier alpha value is -1.84. The van der Waals surface area contributed by atoms with Gasteiger partial charge in [0.1, 0.15) is 4.90 Å². The third-order valence-electron chi connectivity index (χ3n) is 4.28. The molecular formula is C17H23N5O6S3. The molecule has 1 saturated heterocycles. The van der Waals surface area contributed by atoms with Crippen LogP contribution >= 0.6 is 23.1 Å². The van der Waals surface area contributed by atoms with E-state index in [9.17, 15) is 18.5 Å². The van der Waals surface area contributed by atoms with Crippen LogP contribution < -0.4 is 5.32 Å². The number of nitrogens with zero attached hydrogens (tertiary/aromatic N) is 4. The molecule has 0 aliphatic carbocycles. The van der Waals surface area contributed by atoms with Crippen molar-refractivity contribution >= 4 is 43.9 Å². The maximum atomic E-state index is 13.2. The van der Waals surface area contributed by atoms with Crippen molar-refractivity contribution in [1.82, 2.24) is 14.5 Å². The third-order valence-corrected chi connectivity index (χ3v) is 8.35. The lowest BCUT2D eigenvalue weighted by Gasteiger charge is -2.26. The maximum Gasteiger partial charge on any atom is 0.270 e. The van der Waals surface area contributed by atoms with Gasteiger partial charge in [0.2, 0.25) is 15.2 Å². The SMILES string of the molecule is CCOCCCNc1nnc(Sc2ccc([N+](=O)[O-])cc2S(=O)(=O)N2CCOCC2)s1. The molecule has 0 radical (unpaired) electrons. The van der Waals surface area contributed by atoms with Crippen LogP contribution in [0.1, 0.15) is 13.3 Å². The number of sulfonamides is 1. The molecular weight excluding hydrogens is 466 g/mol. The number of nitro benzene ring substituents is 1. The largest absolute Gasteiger partial charge is 0.382 e. The smallest absolute Gasteiger partial charge is 0.270 e. The number of non-ortho nitro benzene ring substituents is 1. The van der Waals surface area contributed by atoms with E-state index in [4.69, 9.17) is 9.47 Å². The molecule has 1 fully saturated rings. The molecule has 1 aromatic heterocycles. The van der Waals surface area contributed by atoms with Crippen molar-refractivity contribution in [3.8, 4) is 0 Å². The highest BCUT2D eigenvalue weighted by Gasteiger charge is 2.31. The molecule has 0 spiro atoms. The second kappa shape index (κ2) is 11.2. The lowest BCUT2D eigenvalue weighted by molar-refractivity contribution is -0.385. The molecule has 31 heavy (non-hydrogen) atoms. The number of nitrogens with one attached hydrogen (secondary N) is 1. The molecule has 2 heterocycles. The Kier molecular flexibility index (Phi) is 8.57. The van der Waals surface area contributed by atoms with Crippen molar-refractivity contribution < 1.29 is 22.8 Å². The van der Waals surface area contributed by atoms with Gasteiger partial charge in [0.15, 0.2) is 4.34 Å². The summed E-state index contributed by atoms with van der Waals surface area (Å²) in [4.78, 5) is 10.9. The van der Waals surface area contributed by atoms with E-state index in [2.05, 4.69) is 15.5 Å². The van der Waals surface area contributed by atoms with Crippen molar-refractivity contribution in [2.24, 2.45) is 0 Å². The minimum atomic E-state index is -3.93. The molecule has 11 nitrogen and oxygen atoms in total. The van der Waals surface area contributed by atoms with E-state index in [0.29, 0.717) is 34.1 Å². The number of morpholine rings is 1. The van der Waals surface area contributed by atoms with Gasteiger partial charge in [-0.05, 0) is 19.4 Å². The average molecular weight is 490 g/mol. The van der Waals surface area contributed by atoms with Crippen molar-refractivity contribution in [1.29, 1.82) is 0 Å². The van der Waals surface area contributed by atoms with Gasteiger partial charge < -0.3 is 14.8 Å². The number of anilines is 1. The summed E-state index contributed by atoms with van der Waals surface area (Å²) >= 11 is 2.40. The first-order chi connectivity index (χ1) is 14.9. The Morgan fingerprint density at radius 1 is 1.35 bits per heavy atom. The van der Waals surface area contributed by atoms with Gasteiger partial charge in [-0.1, -0.05) is 23.1 Å². The third kappa shape index (κ3) is 6.33. The molecule has 0 unspecified atom stereocenters. The van der Waals surface area contributed by atoms with Gasteiger partial charge in [0.25, 0.3) is 5.69 Å². The predicted molar refractivity (Wildman–Crippen MR) is 116 cm³/mol. The fourth-order valence-corrected chi connectivity index (χ4v) is 6.43. The fourth-order valence-electron chi connectivity index (χ4n) is 2.75. The van der Waals surface area contributed by atoms with E-state index in [-0.39, 0.29) is 36.9 Å². The summed E-state index contributed by atoms with van der Waals surface area (Å²) in [6, 6.07) is 3.82. The van der Waals surface area contributed by atoms with Crippen molar-refractivity contribution in [2.45, 2.75) is 27.5 Å². The van der Waals surface area contributed by atoms with Crippen molar-refractivity contribution in [3.63, 3.8) is 0 Å². The van der Waals surface area contributed by atoms with Gasteiger partial charge in [-0.25, -0.2) is 8.42 Å². The molecule has 0 saturated carbocycles. The number of rotatable bonds is 11. The van der Waals surface area contributed by atoms with Gasteiger partial charge in [-0.3, -0.25) is 10.1 Å². The second-order valence-electron chi connectivity index (χ2n) is 6.36. The molecule has 1 aliphatic rings. The zero-order chi connectivity index (χ0) is 22.3. The Labute approximate surface area is 188 Å². The van der Waals surface area contributed by atoms with Gasteiger partial charge in [0, 0.05) is 49.9 Å². The first-order valence-corrected chi connectivity index (χ1v) is 12.7. The van der Waals surface area contributed by atoms with Crippen LogP contribution in [0.5, 0.6) is 0 Å². The lowest BCUT2D eigenvalue weighted by atomic mass is 10.3. The standard InChI is InChI=1S/C17H23N5O6S3/c1-2-27-9-3-6-18-16-19-20-17(30-16)29-14-5-4-13(22(23)24)12-15(14)31(25,26)21-7-10-28-11-8-21/h4-5,12H,2-3,6-11H2,1H3,(H,18,19). The van der Waals surface area contributed by atoms with Gasteiger partial charge in [-0.15, -0.1) is 10.2 Å². The van der Waals surface area contributed by atoms with E-state index in [0.717, 1.165) is 24.2 Å². The minimum Gasteiger partial charge on any atom is -0.382 e. The quantitative estimate of drug-likeness (QED) is 0.285. The molecule has 3 rings (SSSR count). The number of nitro groups is 1. The normalized spacial score (nSPS) is 15.1. The average Bonchev–Trinajstić information content (AvgIpc) is 3.21. The Morgan fingerprint density at radius 2 is 2.13 bits per heavy atom. The number of aromatic nitrogens is 2. The summed E-state index contributed by atoms with van der Waals surface area (Å²) in [7, 11) is -3.93. The van der Waals surface area contributed by atoms with Gasteiger partial charge >= 0.3 is 0 Å². The summed E-state index contributed by atoms with van der Waals surface area (Å²) in [5.74, 6) is 0. The molecule has 1 N–H and O–H groups in total. The van der Waals surface area contributed by atoms with Crippen LogP contribution in [-0.4, -0.2) is 73.9 Å². The molecule has 0 atom stereocenters. The summed E-state index contributed by atoms with van der Waals surface area (Å²) in [5, 5.41) is 23.2. The van der Waals surface area contributed by atoms with Crippen LogP contribution in [-0.2, 0) is 19.5 Å². The number of hydrogen-bond donors (Lipinski definition) is 1. The molecule has 170 valence electrons. The van der Waals surface area contributed by atoms with Crippen LogP contribution in [0.2, 0.25) is 0 Å². The van der Waals surface area contributed by atoms with Crippen molar-refractivity contribution in [2.75, 3.05) is 51.4 Å². The molecule has 2 aromatic rings. The Balaban J connectivity index is 1.79. The number of hydrogen-bond acceptors (Lipinski definition) is 11. The summed E-state index contributed by atoms with van der Waals surface area (Å²) in [6.45, 7) is 4.89. The molecule has 0 amide bonds. The van der Waals surface area contributed by atoms with Crippen LogP contribution in [0.25, 0.3) is 0 Å². The zero-order valence-corrected chi connectivity index (χ0v) is 19.3. The second-order valence-corrected chi connectivity index (χ2v) is 10.5. The molecule has 0 bridgehead atoms. The van der Waals surface area contributed by atoms with Crippen LogP contribution in [0.4, 0.5) is 10.8 Å². The van der Waals surface area contributed by atoms with Gasteiger partial charge in [0.05, 0.1) is 18.1 Å². The Bertz CT molecular complexity index is 994. The molecule has 14 heteroatoms. The highest BCUT2D eigenvalue weighted by molar-refractivity contribution is 8.01. The summed E-state index contributed by atoms with van der Waals surface area (Å²) in [6.07, 6.45) is 0.820. The van der Waals surface area contributed by atoms with E-state index < -0.39 is 14.9 Å². The highest BCUT2D eigenvalue weighted by Crippen LogP contribution is 2.38. The lowest BCUT2D eigenvalue weighted by Crippen LogP contribution is -2.40. The topological polar surface area (TPSA) is 137 Å². The van der Waals surface area contributed by atoms with Crippen molar-refractivity contribution in [3.05, 3.63) is 28.3 Å². The highest BCUT2D eigenvalue weighted by atomic mass is 32.2. The first-order valence-electron chi connectivity index (χ1n) is 9.61. The monoisotopic (exact) mass is 489 g/mol. The maximum absolute atomic E-state index is 13.2.